The lowest BCUT2D eigenvalue weighted by Gasteiger charge is -2.26. The molecule has 2 amide bonds. The molecule has 2 fully saturated rings. The van der Waals surface area contributed by atoms with Crippen LogP contribution in [0.2, 0.25) is 0 Å². The fourth-order valence-electron chi connectivity index (χ4n) is 5.68. The lowest BCUT2D eigenvalue weighted by atomic mass is 9.98. The second-order valence-electron chi connectivity index (χ2n) is 10.7. The Morgan fingerprint density at radius 2 is 1.85 bits per heavy atom. The van der Waals surface area contributed by atoms with Gasteiger partial charge in [-0.05, 0) is 54.7 Å². The highest BCUT2D eigenvalue weighted by Gasteiger charge is 2.36. The third-order valence-corrected chi connectivity index (χ3v) is 8.35. The number of benzene rings is 2. The summed E-state index contributed by atoms with van der Waals surface area (Å²) < 4.78 is 11.3. The molecule has 3 aliphatic rings. The molecule has 2 aliphatic heterocycles. The third kappa shape index (κ3) is 4.30. The summed E-state index contributed by atoms with van der Waals surface area (Å²) in [4.78, 5) is 36.6. The Balaban J connectivity index is 1.22. The lowest BCUT2D eigenvalue weighted by molar-refractivity contribution is 0.0299. The number of alkyl halides is 1. The molecule has 3 N–H and O–H groups in total. The van der Waals surface area contributed by atoms with E-state index in [0.29, 0.717) is 72.6 Å². The number of phenols is 1. The molecule has 4 heterocycles. The average molecular weight is 549 g/mol. The van der Waals surface area contributed by atoms with Crippen molar-refractivity contribution >= 4 is 50.9 Å². The predicted octanol–water partition coefficient (Wildman–Crippen LogP) is 4.60. The van der Waals surface area contributed by atoms with Gasteiger partial charge in [0.2, 0.25) is 0 Å². The number of morpholine rings is 1. The predicted molar refractivity (Wildman–Crippen MR) is 148 cm³/mol. The third-order valence-electron chi connectivity index (χ3n) is 7.98. The summed E-state index contributed by atoms with van der Waals surface area (Å²) in [7, 11) is 0. The van der Waals surface area contributed by atoms with E-state index in [9.17, 15) is 14.7 Å². The van der Waals surface area contributed by atoms with E-state index in [0.717, 1.165) is 28.8 Å². The molecule has 1 aliphatic carbocycles. The summed E-state index contributed by atoms with van der Waals surface area (Å²) in [5, 5.41) is 12.5. The highest BCUT2D eigenvalue weighted by molar-refractivity contribution is 6.19. The van der Waals surface area contributed by atoms with E-state index in [2.05, 4.69) is 9.97 Å². The topological polar surface area (TPSA) is 111 Å². The normalized spacial score (nSPS) is 19.2. The Labute approximate surface area is 229 Å². The summed E-state index contributed by atoms with van der Waals surface area (Å²) in [5.41, 5.74) is 3.62. The van der Waals surface area contributed by atoms with Crippen molar-refractivity contribution < 1.29 is 24.2 Å². The van der Waals surface area contributed by atoms with Crippen LogP contribution >= 0.6 is 11.6 Å². The first-order chi connectivity index (χ1) is 19.0. The molecule has 2 aromatic carbocycles. The van der Waals surface area contributed by atoms with E-state index in [4.69, 9.17) is 21.1 Å². The number of halogens is 1. The van der Waals surface area contributed by atoms with Crippen molar-refractivity contribution in [1.82, 2.24) is 14.9 Å². The molecule has 2 aromatic heterocycles. The first-order valence-electron chi connectivity index (χ1n) is 13.4. The largest absolute Gasteiger partial charge is 0.506 e. The number of rotatable bonds is 6. The number of amides is 2. The van der Waals surface area contributed by atoms with Crippen LogP contribution in [0, 0.1) is 5.92 Å². The molecule has 1 atom stereocenters. The molecule has 0 unspecified atom stereocenters. The van der Waals surface area contributed by atoms with Crippen LogP contribution < -0.4 is 9.64 Å². The Morgan fingerprint density at radius 1 is 1.05 bits per heavy atom. The molecule has 7 rings (SSSR count). The van der Waals surface area contributed by atoms with Gasteiger partial charge in [-0.2, -0.15) is 0 Å². The van der Waals surface area contributed by atoms with Crippen LogP contribution in [0.4, 0.5) is 5.69 Å². The first-order valence-corrected chi connectivity index (χ1v) is 13.9. The minimum absolute atomic E-state index is 0.0214. The molecule has 0 spiro atoms. The molecule has 202 valence electrons. The SMILES string of the molecule is O=C(c1cc2c3c(cc(O)c2[nH]1)N(C(=O)c1cc2cc(OCC4CC4)ccc2[nH]1)C[C@H]3CCl)N1CCOCC1. The number of aromatic hydroxyl groups is 1. The average Bonchev–Trinajstić information content (AvgIpc) is 3.35. The first kappa shape index (κ1) is 24.4. The second kappa shape index (κ2) is 9.50. The van der Waals surface area contributed by atoms with E-state index in [-0.39, 0.29) is 23.5 Å². The van der Waals surface area contributed by atoms with Gasteiger partial charge in [-0.1, -0.05) is 0 Å². The maximum Gasteiger partial charge on any atom is 0.274 e. The number of aromatic amines is 2. The van der Waals surface area contributed by atoms with Crippen LogP contribution in [0.5, 0.6) is 11.5 Å². The molecule has 9 nitrogen and oxygen atoms in total. The Morgan fingerprint density at radius 3 is 2.62 bits per heavy atom. The highest BCUT2D eigenvalue weighted by Crippen LogP contribution is 2.46. The number of carbonyl (C=O) groups excluding carboxylic acids is 2. The molecular weight excluding hydrogens is 520 g/mol. The summed E-state index contributed by atoms with van der Waals surface area (Å²) in [6.45, 7) is 3.14. The number of nitrogens with one attached hydrogen (secondary N) is 2. The van der Waals surface area contributed by atoms with Gasteiger partial charge in [-0.3, -0.25) is 9.59 Å². The number of aromatic nitrogens is 2. The minimum atomic E-state index is -0.209. The van der Waals surface area contributed by atoms with Crippen molar-refractivity contribution in [3.05, 3.63) is 53.3 Å². The quantitative estimate of drug-likeness (QED) is 0.305. The van der Waals surface area contributed by atoms with Gasteiger partial charge in [-0.25, -0.2) is 0 Å². The van der Waals surface area contributed by atoms with Crippen molar-refractivity contribution in [1.29, 1.82) is 0 Å². The van der Waals surface area contributed by atoms with Crippen LogP contribution in [-0.4, -0.2) is 77.1 Å². The number of anilines is 1. The zero-order valence-electron chi connectivity index (χ0n) is 21.3. The van der Waals surface area contributed by atoms with Gasteiger partial charge in [0, 0.05) is 53.8 Å². The van der Waals surface area contributed by atoms with Gasteiger partial charge in [-0.15, -0.1) is 11.6 Å². The molecule has 1 saturated carbocycles. The summed E-state index contributed by atoms with van der Waals surface area (Å²) >= 11 is 6.40. The lowest BCUT2D eigenvalue weighted by Crippen LogP contribution is -2.40. The van der Waals surface area contributed by atoms with Crippen molar-refractivity contribution in [2.45, 2.75) is 18.8 Å². The Kier molecular flexibility index (Phi) is 5.93. The van der Waals surface area contributed by atoms with Crippen LogP contribution in [0.15, 0.2) is 36.4 Å². The summed E-state index contributed by atoms with van der Waals surface area (Å²) in [6.07, 6.45) is 2.45. The van der Waals surface area contributed by atoms with E-state index in [1.165, 1.54) is 12.8 Å². The van der Waals surface area contributed by atoms with Crippen LogP contribution in [0.1, 0.15) is 45.3 Å². The van der Waals surface area contributed by atoms with Crippen LogP contribution in [-0.2, 0) is 4.74 Å². The van der Waals surface area contributed by atoms with Gasteiger partial charge in [0.25, 0.3) is 11.8 Å². The van der Waals surface area contributed by atoms with Crippen molar-refractivity contribution in [2.75, 3.05) is 50.2 Å². The number of ether oxygens (including phenoxy) is 2. The zero-order valence-corrected chi connectivity index (χ0v) is 22.1. The van der Waals surface area contributed by atoms with Gasteiger partial charge in [0.15, 0.2) is 0 Å². The second-order valence-corrected chi connectivity index (χ2v) is 11.0. The molecular formula is C29H29ClN4O5. The van der Waals surface area contributed by atoms with E-state index >= 15 is 0 Å². The number of hydrogen-bond acceptors (Lipinski definition) is 5. The van der Waals surface area contributed by atoms with Gasteiger partial charge in [0.1, 0.15) is 22.9 Å². The van der Waals surface area contributed by atoms with E-state index in [1.54, 1.807) is 21.9 Å². The zero-order chi connectivity index (χ0) is 26.7. The smallest absolute Gasteiger partial charge is 0.274 e. The maximum absolute atomic E-state index is 13.8. The number of phenolic OH excluding ortho intramolecular Hbond substituents is 1. The fraction of sp³-hybridized carbons (Fsp3) is 0.379. The molecule has 10 heteroatoms. The number of carbonyl (C=O) groups is 2. The van der Waals surface area contributed by atoms with Gasteiger partial charge < -0.3 is 34.3 Å². The number of nitrogens with zero attached hydrogens (tertiary/aromatic N) is 2. The fourth-order valence-corrected chi connectivity index (χ4v) is 5.93. The molecule has 4 aromatic rings. The molecule has 0 bridgehead atoms. The van der Waals surface area contributed by atoms with E-state index < -0.39 is 0 Å². The maximum atomic E-state index is 13.8. The van der Waals surface area contributed by atoms with Gasteiger partial charge in [0.05, 0.1) is 31.0 Å². The number of H-pyrrole nitrogens is 2. The minimum Gasteiger partial charge on any atom is -0.506 e. The number of hydrogen-bond donors (Lipinski definition) is 3. The monoisotopic (exact) mass is 548 g/mol. The van der Waals surface area contributed by atoms with Crippen LogP contribution in [0.25, 0.3) is 21.8 Å². The molecule has 0 radical (unpaired) electrons. The van der Waals surface area contributed by atoms with Crippen molar-refractivity contribution in [3.8, 4) is 11.5 Å². The molecule has 39 heavy (non-hydrogen) atoms. The van der Waals surface area contributed by atoms with Gasteiger partial charge >= 0.3 is 0 Å². The van der Waals surface area contributed by atoms with Crippen LogP contribution in [0.3, 0.4) is 0 Å². The summed E-state index contributed by atoms with van der Waals surface area (Å²) in [6, 6.07) is 11.0. The Hall–Kier alpha value is -3.69. The standard InChI is InChI=1S/C29H29ClN4O5/c30-13-18-14-34(29(37)22-10-17-9-19(3-4-21(17)31-22)39-15-16-1-2-16)24-12-25(35)27-20(26(18)24)11-23(32-27)28(36)33-5-7-38-8-6-33/h3-4,9-12,16,18,31-32,35H,1-2,5-8,13-15H2/t18-/m1/s1. The highest BCUT2D eigenvalue weighted by atomic mass is 35.5. The molecule has 1 saturated heterocycles. The number of fused-ring (bicyclic) bond motifs is 4. The van der Waals surface area contributed by atoms with Crippen molar-refractivity contribution in [2.24, 2.45) is 5.92 Å². The van der Waals surface area contributed by atoms with E-state index in [1.807, 2.05) is 24.3 Å². The summed E-state index contributed by atoms with van der Waals surface area (Å²) in [5.74, 6) is 1.22. The van der Waals surface area contributed by atoms with Crippen molar-refractivity contribution in [3.63, 3.8) is 0 Å². The Bertz CT molecular complexity index is 1600.